The first-order chi connectivity index (χ1) is 25.2. The van der Waals surface area contributed by atoms with E-state index in [0.29, 0.717) is 0 Å². The second-order valence-electron chi connectivity index (χ2n) is 14.1. The quantitative estimate of drug-likeness (QED) is 0.190. The molecule has 4 aliphatic rings. The lowest BCUT2D eigenvalue weighted by molar-refractivity contribution is 1.01. The molecule has 4 aromatic carbocycles. The molecule has 0 atom stereocenters. The predicted molar refractivity (Wildman–Crippen MR) is 207 cm³/mol. The van der Waals surface area contributed by atoms with Crippen LogP contribution < -0.4 is 0 Å². The Hall–Kier alpha value is -6.26. The zero-order chi connectivity index (χ0) is 33.5. The van der Waals surface area contributed by atoms with Crippen LogP contribution in [0.15, 0.2) is 133 Å². The van der Waals surface area contributed by atoms with E-state index in [4.69, 9.17) is 9.97 Å². The summed E-state index contributed by atoms with van der Waals surface area (Å²) in [6.45, 7) is 0.858. The van der Waals surface area contributed by atoms with Crippen LogP contribution in [0.5, 0.6) is 0 Å². The minimum atomic E-state index is 0.858. The van der Waals surface area contributed by atoms with Crippen molar-refractivity contribution in [3.8, 4) is 67.0 Å². The van der Waals surface area contributed by atoms with Gasteiger partial charge in [-0.15, -0.1) is 0 Å². The third-order valence-electron chi connectivity index (χ3n) is 11.4. The Bertz CT molecular complexity index is 2670. The maximum atomic E-state index is 4.90. The van der Waals surface area contributed by atoms with Gasteiger partial charge in [0.15, 0.2) is 0 Å². The summed E-state index contributed by atoms with van der Waals surface area (Å²) in [5.74, 6) is 0. The van der Waals surface area contributed by atoms with E-state index in [0.717, 1.165) is 43.6 Å². The number of dihydropyridines is 1. The van der Waals surface area contributed by atoms with Gasteiger partial charge in [0.25, 0.3) is 0 Å². The third-order valence-corrected chi connectivity index (χ3v) is 11.4. The Morgan fingerprint density at radius 1 is 0.412 bits per heavy atom. The summed E-state index contributed by atoms with van der Waals surface area (Å²) in [5.41, 5.74) is 25.6. The van der Waals surface area contributed by atoms with E-state index in [-0.39, 0.29) is 0 Å². The van der Waals surface area contributed by atoms with Crippen LogP contribution in [0.3, 0.4) is 0 Å². The Labute approximate surface area is 297 Å². The van der Waals surface area contributed by atoms with E-state index in [1.807, 2.05) is 31.0 Å². The molecule has 0 fully saturated rings. The summed E-state index contributed by atoms with van der Waals surface area (Å²) in [7, 11) is 0. The molecule has 3 aromatic heterocycles. The molecule has 240 valence electrons. The number of hydrogen-bond acceptors (Lipinski definition) is 4. The van der Waals surface area contributed by atoms with Gasteiger partial charge < -0.3 is 0 Å². The third kappa shape index (κ3) is 4.53. The highest BCUT2D eigenvalue weighted by molar-refractivity contribution is 5.91. The number of aromatic nitrogens is 3. The highest BCUT2D eigenvalue weighted by atomic mass is 14.7. The smallest absolute Gasteiger partial charge is 0.0746 e. The van der Waals surface area contributed by atoms with E-state index < -0.39 is 0 Å². The first-order valence-corrected chi connectivity index (χ1v) is 17.8. The van der Waals surface area contributed by atoms with Crippen molar-refractivity contribution in [2.75, 3.05) is 6.54 Å². The van der Waals surface area contributed by atoms with Crippen LogP contribution in [0.1, 0.15) is 45.4 Å². The number of nitrogens with zero attached hydrogens (tertiary/aromatic N) is 4. The summed E-state index contributed by atoms with van der Waals surface area (Å²) < 4.78 is 0. The summed E-state index contributed by atoms with van der Waals surface area (Å²) in [5, 5.41) is 0. The molecule has 0 radical (unpaired) electrons. The van der Waals surface area contributed by atoms with E-state index in [1.165, 1.54) is 100 Å². The SMILES string of the molecule is C1=NCCC(c2ccnc3c2Cc2ccc(-c4ccc5c(c4)-c4cc(-c6ccc7c(c6)-c6nccc(-c8ccncc8)c6C7)ccc4C5)cc2-3)=C1. The molecule has 1 aliphatic heterocycles. The molecular weight excluding hydrogens is 621 g/mol. The van der Waals surface area contributed by atoms with Crippen LogP contribution in [-0.4, -0.2) is 27.7 Å². The largest absolute Gasteiger partial charge is 0.293 e. The topological polar surface area (TPSA) is 51.0 Å². The van der Waals surface area contributed by atoms with E-state index in [9.17, 15) is 0 Å². The van der Waals surface area contributed by atoms with Gasteiger partial charge >= 0.3 is 0 Å². The van der Waals surface area contributed by atoms with Crippen molar-refractivity contribution in [1.29, 1.82) is 0 Å². The Balaban J connectivity index is 0.938. The average Bonchev–Trinajstić information content (AvgIpc) is 3.88. The zero-order valence-corrected chi connectivity index (χ0v) is 28.0. The maximum absolute atomic E-state index is 4.90. The van der Waals surface area contributed by atoms with E-state index >= 15 is 0 Å². The van der Waals surface area contributed by atoms with Crippen LogP contribution in [-0.2, 0) is 19.3 Å². The summed E-state index contributed by atoms with van der Waals surface area (Å²) >= 11 is 0. The number of hydrogen-bond donors (Lipinski definition) is 0. The van der Waals surface area contributed by atoms with Crippen molar-refractivity contribution in [3.05, 3.63) is 167 Å². The van der Waals surface area contributed by atoms with Gasteiger partial charge in [-0.2, -0.15) is 0 Å². The van der Waals surface area contributed by atoms with Gasteiger partial charge in [-0.05, 0) is 156 Å². The van der Waals surface area contributed by atoms with Crippen molar-refractivity contribution in [2.24, 2.45) is 4.99 Å². The summed E-state index contributed by atoms with van der Waals surface area (Å²) in [6.07, 6.45) is 15.5. The molecule has 4 heterocycles. The average molecular weight is 653 g/mol. The lowest BCUT2D eigenvalue weighted by Crippen LogP contribution is -1.99. The first-order valence-electron chi connectivity index (χ1n) is 17.8. The van der Waals surface area contributed by atoms with Gasteiger partial charge in [-0.3, -0.25) is 19.9 Å². The molecule has 11 rings (SSSR count). The molecule has 0 spiro atoms. The maximum Gasteiger partial charge on any atom is 0.0746 e. The number of fused-ring (bicyclic) bond motifs is 9. The molecule has 0 unspecified atom stereocenters. The van der Waals surface area contributed by atoms with Crippen LogP contribution in [0.4, 0.5) is 0 Å². The Morgan fingerprint density at radius 3 is 1.47 bits per heavy atom. The molecule has 0 saturated heterocycles. The van der Waals surface area contributed by atoms with Gasteiger partial charge in [0.05, 0.1) is 11.4 Å². The van der Waals surface area contributed by atoms with Crippen molar-refractivity contribution in [2.45, 2.75) is 25.7 Å². The van der Waals surface area contributed by atoms with Crippen molar-refractivity contribution < 1.29 is 0 Å². The normalized spacial score (nSPS) is 14.3. The Morgan fingerprint density at radius 2 is 0.922 bits per heavy atom. The molecule has 0 bridgehead atoms. The molecule has 4 nitrogen and oxygen atoms in total. The first kappa shape index (κ1) is 28.6. The standard InChI is InChI=1S/C47H32N4/c1-5-34-21-35-6-2-31(33-4-8-37-27-45-39(29-11-17-49-18-12-29)14-20-51-47(45)43(37)25-33)23-41(35)40(34)22-30(1)32-3-7-36-26-44-38(28-9-15-48-16-10-28)13-19-50-46(44)42(36)24-32/h1-11,13-17,19-20,22-25H,12,18,21,26-27H2. The van der Waals surface area contributed by atoms with Gasteiger partial charge in [-0.25, -0.2) is 0 Å². The Kier molecular flexibility index (Phi) is 6.23. The van der Waals surface area contributed by atoms with Gasteiger partial charge in [-0.1, -0.05) is 48.5 Å². The molecule has 0 amide bonds. The van der Waals surface area contributed by atoms with Crippen LogP contribution in [0.2, 0.25) is 0 Å². The number of benzene rings is 4. The van der Waals surface area contributed by atoms with Gasteiger partial charge in [0, 0.05) is 61.5 Å². The summed E-state index contributed by atoms with van der Waals surface area (Å²) in [6, 6.07) is 36.4. The lowest BCUT2D eigenvalue weighted by Gasteiger charge is -2.13. The fourth-order valence-electron chi connectivity index (χ4n) is 8.79. The minimum absolute atomic E-state index is 0.858. The highest BCUT2D eigenvalue weighted by Crippen LogP contribution is 2.46. The number of pyridine rings is 3. The fraction of sp³-hybridized carbons (Fsp3) is 0.106. The molecule has 7 aromatic rings. The monoisotopic (exact) mass is 652 g/mol. The predicted octanol–water partition coefficient (Wildman–Crippen LogP) is 10.4. The van der Waals surface area contributed by atoms with Crippen molar-refractivity contribution in [3.63, 3.8) is 0 Å². The fourth-order valence-corrected chi connectivity index (χ4v) is 8.79. The molecule has 0 N–H and O–H groups in total. The molecule has 3 aliphatic carbocycles. The highest BCUT2D eigenvalue weighted by Gasteiger charge is 2.27. The van der Waals surface area contributed by atoms with Crippen LogP contribution in [0, 0.1) is 0 Å². The molecule has 51 heavy (non-hydrogen) atoms. The number of allylic oxidation sites excluding steroid dienone is 1. The van der Waals surface area contributed by atoms with Crippen LogP contribution in [0.25, 0.3) is 72.6 Å². The van der Waals surface area contributed by atoms with E-state index in [2.05, 4.69) is 113 Å². The second-order valence-corrected chi connectivity index (χ2v) is 14.1. The minimum Gasteiger partial charge on any atom is -0.293 e. The number of rotatable bonds is 4. The molecule has 4 heteroatoms. The van der Waals surface area contributed by atoms with Crippen molar-refractivity contribution >= 4 is 11.8 Å². The zero-order valence-electron chi connectivity index (χ0n) is 28.0. The van der Waals surface area contributed by atoms with Gasteiger partial charge in [0.1, 0.15) is 0 Å². The lowest BCUT2D eigenvalue weighted by atomic mass is 9.94. The summed E-state index contributed by atoms with van der Waals surface area (Å²) in [4.78, 5) is 18.4. The van der Waals surface area contributed by atoms with Crippen LogP contribution >= 0.6 is 0 Å². The molecular formula is C47H32N4. The number of aliphatic imine (C=N–C) groups is 1. The van der Waals surface area contributed by atoms with E-state index in [1.54, 1.807) is 0 Å². The van der Waals surface area contributed by atoms with Gasteiger partial charge in [0.2, 0.25) is 0 Å². The molecule has 0 saturated carbocycles. The second kappa shape index (κ2) is 11.1. The van der Waals surface area contributed by atoms with Crippen molar-refractivity contribution in [1.82, 2.24) is 15.0 Å².